The van der Waals surface area contributed by atoms with E-state index in [-0.39, 0.29) is 11.5 Å². The molecule has 3 nitrogen and oxygen atoms in total. The van der Waals surface area contributed by atoms with Gasteiger partial charge in [-0.15, -0.1) is 0 Å². The number of nitrogens with zero attached hydrogens (tertiary/aromatic N) is 1. The predicted molar refractivity (Wildman–Crippen MR) is 56.9 cm³/mol. The Hall–Kier alpha value is -1.30. The Bertz CT molecular complexity index is 467. The van der Waals surface area contributed by atoms with Gasteiger partial charge in [0.05, 0.1) is 5.56 Å². The third-order valence-electron chi connectivity index (χ3n) is 3.09. The molecule has 0 radical (unpaired) electrons. The van der Waals surface area contributed by atoms with Gasteiger partial charge in [-0.1, -0.05) is 0 Å². The van der Waals surface area contributed by atoms with Gasteiger partial charge in [-0.3, -0.25) is 4.79 Å². The molecular weight excluding hydrogens is 233 g/mol. The first-order valence-corrected chi connectivity index (χ1v) is 5.36. The molecule has 2 rings (SSSR count). The van der Waals surface area contributed by atoms with Crippen molar-refractivity contribution in [1.82, 2.24) is 9.88 Å². The molecule has 1 N–H and O–H groups in total. The number of hydrogen-bond donors (Lipinski definition) is 1. The zero-order chi connectivity index (χ0) is 12.6. The summed E-state index contributed by atoms with van der Waals surface area (Å²) in [6, 6.07) is 0.646. The number of hydrogen-bond acceptors (Lipinski definition) is 2. The van der Waals surface area contributed by atoms with Crippen LogP contribution in [0, 0.1) is 0 Å². The highest BCUT2D eigenvalue weighted by atomic mass is 19.4. The molecule has 1 fully saturated rings. The van der Waals surface area contributed by atoms with Gasteiger partial charge in [0.25, 0.3) is 0 Å². The van der Waals surface area contributed by atoms with Crippen LogP contribution in [0.15, 0.2) is 17.1 Å². The molecule has 1 aromatic heterocycles. The number of pyridine rings is 1. The number of aromatic amines is 1. The van der Waals surface area contributed by atoms with Crippen molar-refractivity contribution in [2.24, 2.45) is 0 Å². The van der Waals surface area contributed by atoms with E-state index in [9.17, 15) is 18.0 Å². The molecule has 1 saturated heterocycles. The topological polar surface area (TPSA) is 36.1 Å². The maximum absolute atomic E-state index is 12.8. The summed E-state index contributed by atoms with van der Waals surface area (Å²) < 4.78 is 38.4. The number of nitrogens with one attached hydrogen (secondary N) is 1. The predicted octanol–water partition coefficient (Wildman–Crippen LogP) is 1.81. The van der Waals surface area contributed by atoms with Gasteiger partial charge >= 0.3 is 6.18 Å². The molecule has 1 aliphatic heterocycles. The van der Waals surface area contributed by atoms with E-state index < -0.39 is 17.3 Å². The lowest BCUT2D eigenvalue weighted by Gasteiger charge is -2.17. The van der Waals surface area contributed by atoms with Gasteiger partial charge in [0.1, 0.15) is 0 Å². The van der Waals surface area contributed by atoms with Crippen molar-refractivity contribution in [3.05, 3.63) is 33.7 Å². The standard InChI is InChI=1S/C11H13F3N2O/c1-16-3-2-7(6-16)8-5-15-10(17)4-9(8)11(12,13)14/h4-5,7H,2-3,6H2,1H3,(H,15,17). The maximum atomic E-state index is 12.8. The summed E-state index contributed by atoms with van der Waals surface area (Å²) in [6.07, 6.45) is -2.58. The van der Waals surface area contributed by atoms with Crippen LogP contribution >= 0.6 is 0 Å². The van der Waals surface area contributed by atoms with E-state index in [1.165, 1.54) is 6.20 Å². The van der Waals surface area contributed by atoms with Gasteiger partial charge in [-0.05, 0) is 31.5 Å². The fourth-order valence-electron chi connectivity index (χ4n) is 2.25. The summed E-state index contributed by atoms with van der Waals surface area (Å²) in [6.45, 7) is 1.37. The summed E-state index contributed by atoms with van der Waals surface area (Å²) in [5, 5.41) is 0. The van der Waals surface area contributed by atoms with Crippen LogP contribution in [0.4, 0.5) is 13.2 Å². The largest absolute Gasteiger partial charge is 0.416 e. The van der Waals surface area contributed by atoms with E-state index in [1.54, 1.807) is 0 Å². The van der Waals surface area contributed by atoms with Crippen LogP contribution in [0.5, 0.6) is 0 Å². The second-order valence-corrected chi connectivity index (χ2v) is 4.41. The average Bonchev–Trinajstić information content (AvgIpc) is 2.63. The Morgan fingerprint density at radius 2 is 2.18 bits per heavy atom. The van der Waals surface area contributed by atoms with Crippen LogP contribution in [0.2, 0.25) is 0 Å². The van der Waals surface area contributed by atoms with Crippen molar-refractivity contribution in [2.45, 2.75) is 18.5 Å². The molecule has 2 heterocycles. The van der Waals surface area contributed by atoms with Gasteiger partial charge in [-0.25, -0.2) is 0 Å². The third kappa shape index (κ3) is 2.52. The zero-order valence-corrected chi connectivity index (χ0v) is 9.34. The number of alkyl halides is 3. The summed E-state index contributed by atoms with van der Waals surface area (Å²) >= 11 is 0. The highest BCUT2D eigenvalue weighted by molar-refractivity contribution is 5.30. The van der Waals surface area contributed by atoms with Crippen LogP contribution < -0.4 is 5.56 Å². The van der Waals surface area contributed by atoms with Crippen LogP contribution in [-0.4, -0.2) is 30.0 Å². The number of rotatable bonds is 1. The Kier molecular flexibility index (Phi) is 2.99. The van der Waals surface area contributed by atoms with Crippen LogP contribution in [0.3, 0.4) is 0 Å². The number of aromatic nitrogens is 1. The average molecular weight is 246 g/mol. The van der Waals surface area contributed by atoms with Crippen LogP contribution in [-0.2, 0) is 6.18 Å². The lowest BCUT2D eigenvalue weighted by atomic mass is 9.95. The molecule has 6 heteroatoms. The molecule has 94 valence electrons. The van der Waals surface area contributed by atoms with E-state index in [4.69, 9.17) is 0 Å². The van der Waals surface area contributed by atoms with Crippen molar-refractivity contribution in [3.63, 3.8) is 0 Å². The number of H-pyrrole nitrogens is 1. The fraction of sp³-hybridized carbons (Fsp3) is 0.545. The number of likely N-dealkylation sites (tertiary alicyclic amines) is 1. The molecule has 0 saturated carbocycles. The molecule has 17 heavy (non-hydrogen) atoms. The third-order valence-corrected chi connectivity index (χ3v) is 3.09. The monoisotopic (exact) mass is 246 g/mol. The second-order valence-electron chi connectivity index (χ2n) is 4.41. The van der Waals surface area contributed by atoms with Gasteiger partial charge in [0.2, 0.25) is 5.56 Å². The Labute approximate surface area is 96.3 Å². The van der Waals surface area contributed by atoms with E-state index >= 15 is 0 Å². The Morgan fingerprint density at radius 1 is 1.47 bits per heavy atom. The van der Waals surface area contributed by atoms with Crippen molar-refractivity contribution in [2.75, 3.05) is 20.1 Å². The molecule has 1 atom stereocenters. The summed E-state index contributed by atoms with van der Waals surface area (Å²) in [4.78, 5) is 15.3. The molecule has 1 aliphatic rings. The van der Waals surface area contributed by atoms with Crippen molar-refractivity contribution in [1.29, 1.82) is 0 Å². The quantitative estimate of drug-likeness (QED) is 0.820. The Balaban J connectivity index is 2.43. The second kappa shape index (κ2) is 4.18. The highest BCUT2D eigenvalue weighted by Gasteiger charge is 2.37. The minimum Gasteiger partial charge on any atom is -0.329 e. The van der Waals surface area contributed by atoms with E-state index in [0.717, 1.165) is 6.54 Å². The fourth-order valence-corrected chi connectivity index (χ4v) is 2.25. The first-order chi connectivity index (χ1) is 7.88. The lowest BCUT2D eigenvalue weighted by Crippen LogP contribution is -2.19. The van der Waals surface area contributed by atoms with Gasteiger partial charge < -0.3 is 9.88 Å². The number of likely N-dealkylation sites (N-methyl/N-ethyl adjacent to an activating group) is 1. The number of halogens is 3. The van der Waals surface area contributed by atoms with Crippen LogP contribution in [0.1, 0.15) is 23.5 Å². The highest BCUT2D eigenvalue weighted by Crippen LogP contribution is 2.36. The van der Waals surface area contributed by atoms with Crippen molar-refractivity contribution >= 4 is 0 Å². The van der Waals surface area contributed by atoms with Crippen LogP contribution in [0.25, 0.3) is 0 Å². The maximum Gasteiger partial charge on any atom is 0.416 e. The summed E-state index contributed by atoms with van der Waals surface area (Å²) in [7, 11) is 1.87. The molecule has 1 aromatic rings. The SMILES string of the molecule is CN1CCC(c2c[nH]c(=O)cc2C(F)(F)F)C1. The van der Waals surface area contributed by atoms with E-state index in [0.29, 0.717) is 19.0 Å². The molecule has 0 aromatic carbocycles. The van der Waals surface area contributed by atoms with E-state index in [1.807, 2.05) is 11.9 Å². The van der Waals surface area contributed by atoms with E-state index in [2.05, 4.69) is 4.98 Å². The van der Waals surface area contributed by atoms with Crippen molar-refractivity contribution in [3.8, 4) is 0 Å². The molecule has 0 spiro atoms. The van der Waals surface area contributed by atoms with Gasteiger partial charge in [0, 0.05) is 18.8 Å². The normalized spacial score (nSPS) is 22.0. The minimum absolute atomic E-state index is 0.159. The van der Waals surface area contributed by atoms with Gasteiger partial charge in [0.15, 0.2) is 0 Å². The minimum atomic E-state index is -4.47. The Morgan fingerprint density at radius 3 is 2.71 bits per heavy atom. The molecule has 0 amide bonds. The molecular formula is C11H13F3N2O. The summed E-state index contributed by atoms with van der Waals surface area (Å²) in [5.41, 5.74) is -1.32. The van der Waals surface area contributed by atoms with Gasteiger partial charge in [-0.2, -0.15) is 13.2 Å². The lowest BCUT2D eigenvalue weighted by molar-refractivity contribution is -0.138. The molecule has 0 bridgehead atoms. The zero-order valence-electron chi connectivity index (χ0n) is 9.34. The molecule has 1 unspecified atom stereocenters. The smallest absolute Gasteiger partial charge is 0.329 e. The first-order valence-electron chi connectivity index (χ1n) is 5.36. The van der Waals surface area contributed by atoms with Crippen molar-refractivity contribution < 1.29 is 13.2 Å². The summed E-state index contributed by atoms with van der Waals surface area (Å²) in [5.74, 6) is -0.159. The first kappa shape index (κ1) is 12.2. The molecule has 0 aliphatic carbocycles.